The van der Waals surface area contributed by atoms with Gasteiger partial charge in [-0.15, -0.1) is 0 Å². The lowest BCUT2D eigenvalue weighted by Crippen LogP contribution is -2.17. The zero-order valence-corrected chi connectivity index (χ0v) is 10.8. The lowest BCUT2D eigenvalue weighted by Gasteiger charge is -2.08. The van der Waals surface area contributed by atoms with Gasteiger partial charge in [-0.2, -0.15) is 5.10 Å². The number of nitrogens with zero attached hydrogens (tertiary/aromatic N) is 4. The Balaban J connectivity index is 1.86. The highest BCUT2D eigenvalue weighted by atomic mass is 79.9. The molecule has 0 aliphatic heterocycles. The van der Waals surface area contributed by atoms with Crippen LogP contribution in [0.5, 0.6) is 0 Å². The van der Waals surface area contributed by atoms with Crippen molar-refractivity contribution in [3.8, 4) is 5.82 Å². The van der Waals surface area contributed by atoms with Crippen molar-refractivity contribution in [3.63, 3.8) is 0 Å². The molecule has 0 radical (unpaired) electrons. The molecular formula is C11H12BrN5. The van der Waals surface area contributed by atoms with Crippen LogP contribution in [0.3, 0.4) is 0 Å². The Morgan fingerprint density at radius 2 is 2.29 bits per heavy atom. The Labute approximate surface area is 107 Å². The van der Waals surface area contributed by atoms with Crippen molar-refractivity contribution in [1.29, 1.82) is 0 Å². The van der Waals surface area contributed by atoms with E-state index in [-0.39, 0.29) is 0 Å². The quantitative estimate of drug-likeness (QED) is 0.932. The molecule has 88 valence electrons. The lowest BCUT2D eigenvalue weighted by atomic mass is 10.3. The van der Waals surface area contributed by atoms with Crippen molar-refractivity contribution in [1.82, 2.24) is 25.1 Å². The van der Waals surface area contributed by atoms with E-state index in [4.69, 9.17) is 0 Å². The molecule has 0 aromatic carbocycles. The van der Waals surface area contributed by atoms with E-state index < -0.39 is 0 Å². The molecule has 0 saturated heterocycles. The number of aromatic nitrogens is 4. The largest absolute Gasteiger partial charge is 0.310 e. The second-order valence-corrected chi connectivity index (χ2v) is 5.05. The summed E-state index contributed by atoms with van der Waals surface area (Å²) in [4.78, 5) is 8.36. The molecule has 1 aliphatic rings. The maximum absolute atomic E-state index is 4.29. The first-order valence-electron chi connectivity index (χ1n) is 5.56. The molecule has 0 unspecified atom stereocenters. The molecule has 1 aliphatic carbocycles. The number of hydrogen-bond donors (Lipinski definition) is 1. The normalized spacial score (nSPS) is 15.1. The smallest absolute Gasteiger partial charge is 0.161 e. The molecule has 5 nitrogen and oxygen atoms in total. The molecule has 1 saturated carbocycles. The van der Waals surface area contributed by atoms with Gasteiger partial charge in [0.25, 0.3) is 0 Å². The maximum Gasteiger partial charge on any atom is 0.161 e. The first-order chi connectivity index (χ1) is 8.33. The molecule has 2 aromatic heterocycles. The van der Waals surface area contributed by atoms with Crippen LogP contribution >= 0.6 is 15.9 Å². The molecule has 0 bridgehead atoms. The van der Waals surface area contributed by atoms with Gasteiger partial charge < -0.3 is 5.32 Å². The van der Waals surface area contributed by atoms with Gasteiger partial charge in [-0.25, -0.2) is 14.6 Å². The summed E-state index contributed by atoms with van der Waals surface area (Å²) in [6, 6.07) is 0.674. The van der Waals surface area contributed by atoms with Gasteiger partial charge in [0.1, 0.15) is 6.33 Å². The maximum atomic E-state index is 4.29. The molecule has 0 spiro atoms. The summed E-state index contributed by atoms with van der Waals surface area (Å²) >= 11 is 3.38. The van der Waals surface area contributed by atoms with Crippen molar-refractivity contribution in [2.75, 3.05) is 0 Å². The van der Waals surface area contributed by atoms with Crippen LogP contribution in [0.15, 0.2) is 29.4 Å². The minimum absolute atomic E-state index is 0.674. The molecule has 1 fully saturated rings. The summed E-state index contributed by atoms with van der Waals surface area (Å²) in [6.07, 6.45) is 9.58. The average molecular weight is 294 g/mol. The van der Waals surface area contributed by atoms with Gasteiger partial charge in [-0.3, -0.25) is 0 Å². The predicted octanol–water partition coefficient (Wildman–Crippen LogP) is 1.68. The van der Waals surface area contributed by atoms with E-state index >= 15 is 0 Å². The molecular weight excluding hydrogens is 282 g/mol. The van der Waals surface area contributed by atoms with Gasteiger partial charge in [0.05, 0.1) is 10.7 Å². The second kappa shape index (κ2) is 4.54. The standard InChI is InChI=1S/C11H12BrN5/c12-9-5-16-17(6-9)11-8(3-13-7-15-11)4-14-10-1-2-10/h3,5-7,10,14H,1-2,4H2. The Kier molecular flexibility index (Phi) is 2.90. The van der Waals surface area contributed by atoms with Crippen molar-refractivity contribution in [3.05, 3.63) is 35.0 Å². The van der Waals surface area contributed by atoms with E-state index in [1.54, 1.807) is 17.2 Å². The lowest BCUT2D eigenvalue weighted by molar-refractivity contribution is 0.673. The molecule has 2 heterocycles. The van der Waals surface area contributed by atoms with Crippen LogP contribution in [0.2, 0.25) is 0 Å². The van der Waals surface area contributed by atoms with Crippen LogP contribution in [0.25, 0.3) is 5.82 Å². The van der Waals surface area contributed by atoms with E-state index in [2.05, 4.69) is 36.3 Å². The van der Waals surface area contributed by atoms with Crippen LogP contribution in [0.1, 0.15) is 18.4 Å². The van der Waals surface area contributed by atoms with Crippen LogP contribution < -0.4 is 5.32 Å². The fourth-order valence-electron chi connectivity index (χ4n) is 1.64. The van der Waals surface area contributed by atoms with Crippen LogP contribution in [0, 0.1) is 0 Å². The van der Waals surface area contributed by atoms with E-state index in [0.29, 0.717) is 6.04 Å². The molecule has 6 heteroatoms. The first-order valence-corrected chi connectivity index (χ1v) is 6.35. The monoisotopic (exact) mass is 293 g/mol. The number of halogens is 1. The van der Waals surface area contributed by atoms with Crippen LogP contribution in [-0.2, 0) is 6.54 Å². The highest BCUT2D eigenvalue weighted by Gasteiger charge is 2.20. The van der Waals surface area contributed by atoms with Crippen molar-refractivity contribution < 1.29 is 0 Å². The third-order valence-corrected chi connectivity index (χ3v) is 3.10. The van der Waals surface area contributed by atoms with Crippen LogP contribution in [0.4, 0.5) is 0 Å². The molecule has 17 heavy (non-hydrogen) atoms. The SMILES string of the molecule is Brc1cnn(-c2ncncc2CNC2CC2)c1. The Bertz CT molecular complexity index is 520. The number of nitrogens with one attached hydrogen (secondary N) is 1. The summed E-state index contributed by atoms with van der Waals surface area (Å²) in [6.45, 7) is 0.790. The summed E-state index contributed by atoms with van der Waals surface area (Å²) in [5.74, 6) is 0.832. The van der Waals surface area contributed by atoms with Gasteiger partial charge in [0, 0.05) is 30.5 Å². The summed E-state index contributed by atoms with van der Waals surface area (Å²) in [7, 11) is 0. The number of hydrogen-bond acceptors (Lipinski definition) is 4. The number of rotatable bonds is 4. The van der Waals surface area contributed by atoms with Gasteiger partial charge in [-0.1, -0.05) is 0 Å². The van der Waals surface area contributed by atoms with Gasteiger partial charge in [0.15, 0.2) is 5.82 Å². The Morgan fingerprint density at radius 3 is 3.00 bits per heavy atom. The van der Waals surface area contributed by atoms with Gasteiger partial charge in [0.2, 0.25) is 0 Å². The fraction of sp³-hybridized carbons (Fsp3) is 0.364. The van der Waals surface area contributed by atoms with Gasteiger partial charge in [-0.05, 0) is 28.8 Å². The third kappa shape index (κ3) is 2.53. The van der Waals surface area contributed by atoms with Crippen LogP contribution in [-0.4, -0.2) is 25.8 Å². The zero-order chi connectivity index (χ0) is 11.7. The second-order valence-electron chi connectivity index (χ2n) is 4.13. The van der Waals surface area contributed by atoms with E-state index in [9.17, 15) is 0 Å². The van der Waals surface area contributed by atoms with Gasteiger partial charge >= 0.3 is 0 Å². The molecule has 0 amide bonds. The predicted molar refractivity (Wildman–Crippen MR) is 66.7 cm³/mol. The first kappa shape index (κ1) is 10.9. The van der Waals surface area contributed by atoms with Crippen molar-refractivity contribution in [2.45, 2.75) is 25.4 Å². The Hall–Kier alpha value is -1.27. The highest BCUT2D eigenvalue weighted by molar-refractivity contribution is 9.10. The van der Waals surface area contributed by atoms with Crippen molar-refractivity contribution >= 4 is 15.9 Å². The minimum Gasteiger partial charge on any atom is -0.310 e. The molecule has 2 aromatic rings. The molecule has 1 N–H and O–H groups in total. The summed E-state index contributed by atoms with van der Waals surface area (Å²) in [5, 5.41) is 7.70. The Morgan fingerprint density at radius 1 is 1.41 bits per heavy atom. The van der Waals surface area contributed by atoms with E-state index in [1.165, 1.54) is 12.8 Å². The average Bonchev–Trinajstić information content (AvgIpc) is 3.08. The zero-order valence-electron chi connectivity index (χ0n) is 9.17. The topological polar surface area (TPSA) is 55.6 Å². The van der Waals surface area contributed by atoms with E-state index in [1.807, 2.05) is 12.4 Å². The minimum atomic E-state index is 0.674. The highest BCUT2D eigenvalue weighted by Crippen LogP contribution is 2.20. The summed E-state index contributed by atoms with van der Waals surface area (Å²) < 4.78 is 2.70. The van der Waals surface area contributed by atoms with Crippen molar-refractivity contribution in [2.24, 2.45) is 0 Å². The third-order valence-electron chi connectivity index (χ3n) is 2.69. The molecule has 0 atom stereocenters. The summed E-state index contributed by atoms with van der Waals surface area (Å²) in [5.41, 5.74) is 1.06. The molecule has 3 rings (SSSR count). The fourth-order valence-corrected chi connectivity index (χ4v) is 1.93. The van der Waals surface area contributed by atoms with E-state index in [0.717, 1.165) is 22.4 Å².